The number of carbonyl (C=O) groups excluding carboxylic acids is 1. The molecule has 2 aromatic rings. The van der Waals surface area contributed by atoms with E-state index in [0.29, 0.717) is 11.5 Å². The van der Waals surface area contributed by atoms with Crippen LogP contribution in [-0.4, -0.2) is 16.9 Å². The molecule has 4 heteroatoms. The van der Waals surface area contributed by atoms with E-state index in [9.17, 15) is 9.18 Å². The first-order chi connectivity index (χ1) is 11.0. The van der Waals surface area contributed by atoms with Crippen LogP contribution in [-0.2, 0) is 0 Å². The van der Waals surface area contributed by atoms with Crippen molar-refractivity contribution in [1.29, 1.82) is 0 Å². The highest BCUT2D eigenvalue weighted by molar-refractivity contribution is 5.97. The number of hydrogen-bond donors (Lipinski definition) is 2. The highest BCUT2D eigenvalue weighted by atomic mass is 19.1. The summed E-state index contributed by atoms with van der Waals surface area (Å²) in [6, 6.07) is 8.39. The van der Waals surface area contributed by atoms with Crippen molar-refractivity contribution in [1.82, 2.24) is 10.3 Å². The summed E-state index contributed by atoms with van der Waals surface area (Å²) in [5.74, 6) is 0.246. The molecule has 2 atom stereocenters. The van der Waals surface area contributed by atoms with Crippen molar-refractivity contribution in [2.45, 2.75) is 45.6 Å². The van der Waals surface area contributed by atoms with Gasteiger partial charge in [0.15, 0.2) is 0 Å². The molecule has 2 N–H and O–H groups in total. The fourth-order valence-electron chi connectivity index (χ4n) is 3.36. The summed E-state index contributed by atoms with van der Waals surface area (Å²) in [5.41, 5.74) is 3.22. The van der Waals surface area contributed by atoms with Crippen LogP contribution in [0.2, 0.25) is 0 Å². The molecule has 0 saturated heterocycles. The Morgan fingerprint density at radius 2 is 1.91 bits per heavy atom. The monoisotopic (exact) mass is 314 g/mol. The van der Waals surface area contributed by atoms with Gasteiger partial charge < -0.3 is 10.3 Å². The molecular weight excluding hydrogens is 291 g/mol. The third-order valence-electron chi connectivity index (χ3n) is 4.84. The summed E-state index contributed by atoms with van der Waals surface area (Å²) in [6.45, 7) is 4.10. The van der Waals surface area contributed by atoms with Crippen LogP contribution in [0.4, 0.5) is 4.39 Å². The Balaban J connectivity index is 1.77. The zero-order valence-electron chi connectivity index (χ0n) is 13.7. The molecule has 1 fully saturated rings. The Bertz CT molecular complexity index is 690. The van der Waals surface area contributed by atoms with E-state index in [1.165, 1.54) is 31.4 Å². The van der Waals surface area contributed by atoms with Crippen LogP contribution in [0.25, 0.3) is 11.3 Å². The molecule has 0 bridgehead atoms. The van der Waals surface area contributed by atoms with E-state index >= 15 is 0 Å². The first-order valence-corrected chi connectivity index (χ1v) is 8.31. The van der Waals surface area contributed by atoms with E-state index in [1.54, 1.807) is 12.1 Å². The summed E-state index contributed by atoms with van der Waals surface area (Å²) in [5, 5.41) is 3.18. The second kappa shape index (κ2) is 6.57. The lowest BCUT2D eigenvalue weighted by molar-refractivity contribution is 0.0910. The molecule has 1 aromatic carbocycles. The van der Waals surface area contributed by atoms with E-state index in [4.69, 9.17) is 0 Å². The number of aromatic amines is 1. The standard InChI is InChI=1S/C19H23FN2O/c1-12-5-3-4-6-17(12)22-19(23)16-11-18(21-13(16)2)14-7-9-15(20)10-8-14/h7-12,17,21H,3-6H2,1-2H3,(H,22,23)/t12-,17-/m1/s1. The zero-order chi connectivity index (χ0) is 16.4. The molecule has 0 spiro atoms. The maximum Gasteiger partial charge on any atom is 0.253 e. The SMILES string of the molecule is Cc1[nH]c(-c2ccc(F)cc2)cc1C(=O)N[C@@H]1CCCC[C@H]1C. The summed E-state index contributed by atoms with van der Waals surface area (Å²) in [4.78, 5) is 15.8. The Morgan fingerprint density at radius 3 is 2.61 bits per heavy atom. The highest BCUT2D eigenvalue weighted by Gasteiger charge is 2.24. The molecular formula is C19H23FN2O. The van der Waals surface area contributed by atoms with Gasteiger partial charge >= 0.3 is 0 Å². The summed E-state index contributed by atoms with van der Waals surface area (Å²) < 4.78 is 13.0. The molecule has 3 nitrogen and oxygen atoms in total. The van der Waals surface area contributed by atoms with Gasteiger partial charge in [-0.15, -0.1) is 0 Å². The maximum absolute atomic E-state index is 13.0. The number of aryl methyl sites for hydroxylation is 1. The number of aromatic nitrogens is 1. The van der Waals surface area contributed by atoms with Gasteiger partial charge in [-0.25, -0.2) is 4.39 Å². The summed E-state index contributed by atoms with van der Waals surface area (Å²) in [7, 11) is 0. The summed E-state index contributed by atoms with van der Waals surface area (Å²) in [6.07, 6.45) is 4.67. The van der Waals surface area contributed by atoms with E-state index in [2.05, 4.69) is 17.2 Å². The molecule has 23 heavy (non-hydrogen) atoms. The number of rotatable bonds is 3. The van der Waals surface area contributed by atoms with Gasteiger partial charge in [-0.3, -0.25) is 4.79 Å². The van der Waals surface area contributed by atoms with Gasteiger partial charge in [-0.2, -0.15) is 0 Å². The third-order valence-corrected chi connectivity index (χ3v) is 4.84. The molecule has 1 aromatic heterocycles. The molecule has 3 rings (SSSR count). The minimum absolute atomic E-state index is 0.0224. The Kier molecular flexibility index (Phi) is 4.51. The van der Waals surface area contributed by atoms with Crippen LogP contribution in [0.5, 0.6) is 0 Å². The van der Waals surface area contributed by atoms with Crippen molar-refractivity contribution >= 4 is 5.91 Å². The Hall–Kier alpha value is -2.10. The molecule has 1 aliphatic rings. The first-order valence-electron chi connectivity index (χ1n) is 8.31. The topological polar surface area (TPSA) is 44.9 Å². The summed E-state index contributed by atoms with van der Waals surface area (Å²) >= 11 is 0. The third kappa shape index (κ3) is 3.46. The van der Waals surface area contributed by atoms with Crippen LogP contribution in [0.15, 0.2) is 30.3 Å². The molecule has 0 radical (unpaired) electrons. The number of hydrogen-bond acceptors (Lipinski definition) is 1. The first kappa shape index (κ1) is 15.8. The number of amides is 1. The van der Waals surface area contributed by atoms with E-state index in [-0.39, 0.29) is 17.8 Å². The molecule has 0 unspecified atom stereocenters. The van der Waals surface area contributed by atoms with Crippen molar-refractivity contribution in [3.63, 3.8) is 0 Å². The molecule has 122 valence electrons. The average molecular weight is 314 g/mol. The van der Waals surface area contributed by atoms with Gasteiger partial charge in [0.2, 0.25) is 0 Å². The number of carbonyl (C=O) groups is 1. The second-order valence-corrected chi connectivity index (χ2v) is 6.57. The lowest BCUT2D eigenvalue weighted by Gasteiger charge is -2.29. The lowest BCUT2D eigenvalue weighted by Crippen LogP contribution is -2.41. The van der Waals surface area contributed by atoms with Crippen LogP contribution >= 0.6 is 0 Å². The van der Waals surface area contributed by atoms with E-state index in [1.807, 2.05) is 13.0 Å². The number of nitrogens with one attached hydrogen (secondary N) is 2. The number of benzene rings is 1. The van der Waals surface area contributed by atoms with Crippen molar-refractivity contribution in [3.8, 4) is 11.3 Å². The van der Waals surface area contributed by atoms with Crippen LogP contribution in [0, 0.1) is 18.7 Å². The Morgan fingerprint density at radius 1 is 1.22 bits per heavy atom. The molecule has 1 saturated carbocycles. The molecule has 1 aliphatic carbocycles. The van der Waals surface area contributed by atoms with E-state index in [0.717, 1.165) is 23.4 Å². The minimum Gasteiger partial charge on any atom is -0.358 e. The normalized spacial score (nSPS) is 21.2. The average Bonchev–Trinajstić information content (AvgIpc) is 2.92. The van der Waals surface area contributed by atoms with Gasteiger partial charge in [0.1, 0.15) is 5.82 Å². The number of H-pyrrole nitrogens is 1. The lowest BCUT2D eigenvalue weighted by atomic mass is 9.86. The van der Waals surface area contributed by atoms with Crippen LogP contribution in [0.3, 0.4) is 0 Å². The molecule has 0 aliphatic heterocycles. The quantitative estimate of drug-likeness (QED) is 0.864. The number of halogens is 1. The van der Waals surface area contributed by atoms with Crippen LogP contribution < -0.4 is 5.32 Å². The second-order valence-electron chi connectivity index (χ2n) is 6.57. The van der Waals surface area contributed by atoms with Gasteiger partial charge in [0, 0.05) is 17.4 Å². The van der Waals surface area contributed by atoms with Gasteiger partial charge in [-0.05, 0) is 61.6 Å². The minimum atomic E-state index is -0.263. The fraction of sp³-hybridized carbons (Fsp3) is 0.421. The molecule has 1 heterocycles. The van der Waals surface area contributed by atoms with Crippen molar-refractivity contribution in [3.05, 3.63) is 47.4 Å². The van der Waals surface area contributed by atoms with E-state index < -0.39 is 0 Å². The van der Waals surface area contributed by atoms with Gasteiger partial charge in [0.05, 0.1) is 5.56 Å². The van der Waals surface area contributed by atoms with Crippen molar-refractivity contribution in [2.24, 2.45) is 5.92 Å². The van der Waals surface area contributed by atoms with Crippen LogP contribution in [0.1, 0.15) is 48.7 Å². The van der Waals surface area contributed by atoms with Gasteiger partial charge in [-0.1, -0.05) is 19.8 Å². The van der Waals surface area contributed by atoms with Gasteiger partial charge in [0.25, 0.3) is 5.91 Å². The predicted octanol–water partition coefficient (Wildman–Crippen LogP) is 4.44. The highest BCUT2D eigenvalue weighted by Crippen LogP contribution is 2.25. The van der Waals surface area contributed by atoms with Crippen molar-refractivity contribution in [2.75, 3.05) is 0 Å². The van der Waals surface area contributed by atoms with Crippen molar-refractivity contribution < 1.29 is 9.18 Å². The predicted molar refractivity (Wildman–Crippen MR) is 89.8 cm³/mol. The smallest absolute Gasteiger partial charge is 0.253 e. The fourth-order valence-corrected chi connectivity index (χ4v) is 3.36. The molecule has 1 amide bonds. The maximum atomic E-state index is 13.0. The Labute approximate surface area is 136 Å². The zero-order valence-corrected chi connectivity index (χ0v) is 13.7. The largest absolute Gasteiger partial charge is 0.358 e.